The number of urea groups is 1. The Morgan fingerprint density at radius 2 is 1.85 bits per heavy atom. The number of oxazole rings is 1. The molecule has 2 amide bonds. The first-order valence-electron chi connectivity index (χ1n) is 12.8. The Labute approximate surface area is 235 Å². The van der Waals surface area contributed by atoms with Gasteiger partial charge in [-0.3, -0.25) is 5.32 Å². The number of benzene rings is 2. The third kappa shape index (κ3) is 7.30. The second-order valence-electron chi connectivity index (χ2n) is 9.18. The van der Waals surface area contributed by atoms with E-state index < -0.39 is 0 Å². The van der Waals surface area contributed by atoms with Crippen LogP contribution in [-0.4, -0.2) is 64.7 Å². The van der Waals surface area contributed by atoms with E-state index in [4.69, 9.17) is 9.15 Å². The van der Waals surface area contributed by atoms with Gasteiger partial charge in [-0.2, -0.15) is 4.98 Å². The van der Waals surface area contributed by atoms with E-state index in [0.717, 1.165) is 29.2 Å². The zero-order chi connectivity index (χ0) is 27.7. The van der Waals surface area contributed by atoms with Gasteiger partial charge >= 0.3 is 6.03 Å². The summed E-state index contributed by atoms with van der Waals surface area (Å²) in [6.45, 7) is 2.23. The molecule has 206 valence electrons. The number of amides is 2. The van der Waals surface area contributed by atoms with Crippen molar-refractivity contribution in [2.75, 3.05) is 49.7 Å². The molecule has 0 unspecified atom stereocenters. The summed E-state index contributed by atoms with van der Waals surface area (Å²) in [5.74, 6) is 1.86. The van der Waals surface area contributed by atoms with Crippen molar-refractivity contribution in [3.63, 3.8) is 0 Å². The smallest absolute Gasteiger partial charge is 0.325 e. The Hall–Kier alpha value is -4.55. The van der Waals surface area contributed by atoms with Gasteiger partial charge in [0.15, 0.2) is 16.5 Å². The van der Waals surface area contributed by atoms with Crippen LogP contribution in [0.4, 0.5) is 21.4 Å². The Morgan fingerprint density at radius 3 is 2.65 bits per heavy atom. The number of thiazole rings is 1. The highest BCUT2D eigenvalue weighted by atomic mass is 32.1. The Kier molecular flexibility index (Phi) is 8.79. The number of nitrogens with one attached hydrogen (secondary N) is 3. The Bertz CT molecular complexity index is 1540. The number of hydrogen-bond donors (Lipinski definition) is 3. The highest BCUT2D eigenvalue weighted by Gasteiger charge is 2.14. The van der Waals surface area contributed by atoms with Crippen molar-refractivity contribution in [2.45, 2.75) is 12.8 Å². The normalized spacial score (nSPS) is 11.1. The molecule has 0 radical (unpaired) electrons. The molecule has 2 aromatic carbocycles. The predicted molar refractivity (Wildman–Crippen MR) is 157 cm³/mol. The van der Waals surface area contributed by atoms with Gasteiger partial charge < -0.3 is 24.7 Å². The van der Waals surface area contributed by atoms with E-state index in [1.54, 1.807) is 6.20 Å². The molecule has 12 heteroatoms. The fraction of sp³-hybridized carbons (Fsp3) is 0.250. The average molecular weight is 559 g/mol. The summed E-state index contributed by atoms with van der Waals surface area (Å²) in [6, 6.07) is 16.6. The molecule has 5 rings (SSSR count). The van der Waals surface area contributed by atoms with Crippen molar-refractivity contribution in [1.82, 2.24) is 24.8 Å². The number of fused-ring (bicyclic) bond motifs is 1. The molecule has 0 aliphatic heterocycles. The van der Waals surface area contributed by atoms with Crippen LogP contribution < -0.4 is 20.7 Å². The lowest BCUT2D eigenvalue weighted by atomic mass is 10.2. The largest absolute Gasteiger partial charge is 0.494 e. The van der Waals surface area contributed by atoms with E-state index in [1.807, 2.05) is 68.7 Å². The molecule has 0 saturated heterocycles. The highest BCUT2D eigenvalue weighted by Crippen LogP contribution is 2.28. The number of carbonyl (C=O) groups excluding carboxylic acids is 1. The summed E-state index contributed by atoms with van der Waals surface area (Å²) in [5.41, 5.74) is 2.51. The van der Waals surface area contributed by atoms with Gasteiger partial charge in [0.05, 0.1) is 6.61 Å². The van der Waals surface area contributed by atoms with Crippen LogP contribution in [0.3, 0.4) is 0 Å². The zero-order valence-electron chi connectivity index (χ0n) is 22.3. The Morgan fingerprint density at radius 1 is 1.02 bits per heavy atom. The quantitative estimate of drug-likeness (QED) is 0.173. The molecule has 0 bridgehead atoms. The molecule has 0 saturated carbocycles. The maximum atomic E-state index is 12.2. The molecule has 40 heavy (non-hydrogen) atoms. The average Bonchev–Trinajstić information content (AvgIpc) is 3.59. The number of rotatable bonds is 12. The van der Waals surface area contributed by atoms with Gasteiger partial charge in [-0.1, -0.05) is 18.2 Å². The molecule has 0 aliphatic rings. The van der Waals surface area contributed by atoms with Crippen LogP contribution in [0.1, 0.15) is 11.3 Å². The van der Waals surface area contributed by atoms with Crippen molar-refractivity contribution in [2.24, 2.45) is 0 Å². The van der Waals surface area contributed by atoms with Crippen LogP contribution in [0.2, 0.25) is 0 Å². The molecule has 0 fully saturated rings. The number of nitrogens with zero attached hydrogens (tertiary/aromatic N) is 5. The maximum Gasteiger partial charge on any atom is 0.325 e. The summed E-state index contributed by atoms with van der Waals surface area (Å²) in [6.07, 6.45) is 4.85. The van der Waals surface area contributed by atoms with Crippen LogP contribution >= 0.6 is 11.3 Å². The monoisotopic (exact) mass is 558 g/mol. The topological polar surface area (TPSA) is 130 Å². The van der Waals surface area contributed by atoms with E-state index >= 15 is 0 Å². The first-order chi connectivity index (χ1) is 19.5. The van der Waals surface area contributed by atoms with E-state index in [0.29, 0.717) is 53.3 Å². The van der Waals surface area contributed by atoms with Crippen molar-refractivity contribution in [3.8, 4) is 17.2 Å². The molecule has 0 atom stereocenters. The van der Waals surface area contributed by atoms with Gasteiger partial charge in [-0.05, 0) is 56.9 Å². The standard InChI is InChI=1S/C28H30N8O3S/c1-36(2)15-6-16-38-21-11-9-19(10-12-21)25-34-23-24(31-18-32-26(23)39-25)29-14-13-22-17-30-28(40-22)35-27(37)33-20-7-4-3-5-8-20/h3-5,7-12,17-18H,6,13-16H2,1-2H3,(H,29,31,32)(H2,30,33,35,37). The minimum Gasteiger partial charge on any atom is -0.494 e. The van der Waals surface area contributed by atoms with Gasteiger partial charge in [0.1, 0.15) is 12.1 Å². The van der Waals surface area contributed by atoms with Gasteiger partial charge in [-0.25, -0.2) is 19.7 Å². The Balaban J connectivity index is 1.14. The fourth-order valence-electron chi connectivity index (χ4n) is 3.84. The lowest BCUT2D eigenvalue weighted by Gasteiger charge is -2.10. The molecule has 0 spiro atoms. The second kappa shape index (κ2) is 13.0. The van der Waals surface area contributed by atoms with E-state index in [1.165, 1.54) is 17.7 Å². The highest BCUT2D eigenvalue weighted by molar-refractivity contribution is 7.15. The molecular weight excluding hydrogens is 528 g/mol. The van der Waals surface area contributed by atoms with Crippen LogP contribution in [-0.2, 0) is 6.42 Å². The number of ether oxygens (including phenoxy) is 1. The van der Waals surface area contributed by atoms with Crippen molar-refractivity contribution >= 4 is 45.2 Å². The molecule has 11 nitrogen and oxygen atoms in total. The van der Waals surface area contributed by atoms with Crippen LogP contribution in [0, 0.1) is 0 Å². The summed E-state index contributed by atoms with van der Waals surface area (Å²) >= 11 is 1.42. The fourth-order valence-corrected chi connectivity index (χ4v) is 4.64. The van der Waals surface area contributed by atoms with Crippen LogP contribution in [0.15, 0.2) is 71.5 Å². The van der Waals surface area contributed by atoms with Crippen LogP contribution in [0.5, 0.6) is 5.75 Å². The SMILES string of the molecule is CN(C)CCCOc1ccc(-c2nc3c(NCCc4cnc(NC(=O)Nc5ccccc5)s4)ncnc3o2)cc1. The lowest BCUT2D eigenvalue weighted by molar-refractivity contribution is 0.262. The minimum atomic E-state index is -0.336. The van der Waals surface area contributed by atoms with Gasteiger partial charge in [0.2, 0.25) is 5.89 Å². The second-order valence-corrected chi connectivity index (χ2v) is 10.3. The molecule has 0 aliphatic carbocycles. The van der Waals surface area contributed by atoms with Gasteiger partial charge in [0.25, 0.3) is 5.71 Å². The molecule has 5 aromatic rings. The third-order valence-corrected chi connectivity index (χ3v) is 6.76. The number of anilines is 3. The molecular formula is C28H30N8O3S. The minimum absolute atomic E-state index is 0.336. The van der Waals surface area contributed by atoms with E-state index in [2.05, 4.69) is 40.8 Å². The number of carbonyl (C=O) groups is 1. The van der Waals surface area contributed by atoms with Crippen molar-refractivity contribution in [3.05, 3.63) is 72.0 Å². The number of aromatic nitrogens is 4. The summed E-state index contributed by atoms with van der Waals surface area (Å²) < 4.78 is 11.7. The van der Waals surface area contributed by atoms with Crippen molar-refractivity contribution < 1.29 is 13.9 Å². The third-order valence-electron chi connectivity index (χ3n) is 5.78. The first kappa shape index (κ1) is 27.0. The van der Waals surface area contributed by atoms with Gasteiger partial charge in [-0.15, -0.1) is 11.3 Å². The summed E-state index contributed by atoms with van der Waals surface area (Å²) in [5, 5.41) is 9.38. The maximum absolute atomic E-state index is 12.2. The van der Waals surface area contributed by atoms with E-state index in [9.17, 15) is 4.79 Å². The van der Waals surface area contributed by atoms with Crippen molar-refractivity contribution in [1.29, 1.82) is 0 Å². The number of hydrogen-bond acceptors (Lipinski definition) is 10. The summed E-state index contributed by atoms with van der Waals surface area (Å²) in [7, 11) is 4.10. The predicted octanol–water partition coefficient (Wildman–Crippen LogP) is 5.37. The van der Waals surface area contributed by atoms with Gasteiger partial charge in [0, 0.05) is 41.8 Å². The number of para-hydroxylation sites is 1. The molecule has 3 aromatic heterocycles. The first-order valence-corrected chi connectivity index (χ1v) is 13.7. The van der Waals surface area contributed by atoms with E-state index in [-0.39, 0.29) is 6.03 Å². The van der Waals surface area contributed by atoms with Crippen LogP contribution in [0.25, 0.3) is 22.7 Å². The lowest BCUT2D eigenvalue weighted by Crippen LogP contribution is -2.19. The molecule has 3 N–H and O–H groups in total. The zero-order valence-corrected chi connectivity index (χ0v) is 23.1. The summed E-state index contributed by atoms with van der Waals surface area (Å²) in [4.78, 5) is 32.9. The molecule has 3 heterocycles.